The van der Waals surface area contributed by atoms with Crippen LogP contribution in [0.15, 0.2) is 47.5 Å². The highest BCUT2D eigenvalue weighted by Gasteiger charge is 2.35. The number of amides is 1. The molecule has 9 heteroatoms. The van der Waals surface area contributed by atoms with Gasteiger partial charge in [0.15, 0.2) is 0 Å². The van der Waals surface area contributed by atoms with Crippen LogP contribution in [0.1, 0.15) is 35.1 Å². The largest absolute Gasteiger partial charge is 0.393 e. The number of aliphatic hydroxyl groups is 1. The smallest absolute Gasteiger partial charge is 0.268 e. The molecule has 2 atom stereocenters. The minimum absolute atomic E-state index is 0.128. The van der Waals surface area contributed by atoms with Crippen LogP contribution >= 0.6 is 0 Å². The molecular weight excluding hydrogens is 428 g/mol. The van der Waals surface area contributed by atoms with Gasteiger partial charge >= 0.3 is 0 Å². The molecule has 0 bridgehead atoms. The summed E-state index contributed by atoms with van der Waals surface area (Å²) in [5.41, 5.74) is 2.57. The first-order valence-corrected chi connectivity index (χ1v) is 12.1. The van der Waals surface area contributed by atoms with E-state index in [9.17, 15) is 18.3 Å². The molecule has 32 heavy (non-hydrogen) atoms. The highest BCUT2D eigenvalue weighted by molar-refractivity contribution is 7.89. The van der Waals surface area contributed by atoms with Crippen molar-refractivity contribution in [3.05, 3.63) is 59.5 Å². The topological polar surface area (TPSA) is 105 Å². The zero-order valence-electron chi connectivity index (χ0n) is 18.4. The number of carbonyl (C=O) groups excluding carboxylic acids is 1. The molecular formula is C23H28N4O4S. The van der Waals surface area contributed by atoms with Crippen LogP contribution < -0.4 is 5.32 Å². The van der Waals surface area contributed by atoms with Crippen LogP contribution in [-0.4, -0.2) is 52.5 Å². The van der Waals surface area contributed by atoms with Gasteiger partial charge in [-0.1, -0.05) is 25.1 Å². The number of benzene rings is 1. The third kappa shape index (κ3) is 4.03. The molecule has 1 saturated heterocycles. The lowest BCUT2D eigenvalue weighted by atomic mass is 9.99. The number of carbonyl (C=O) groups is 1. The van der Waals surface area contributed by atoms with E-state index in [4.69, 9.17) is 0 Å². The van der Waals surface area contributed by atoms with Crippen LogP contribution in [0, 0.1) is 12.8 Å². The molecule has 3 aromatic rings. The van der Waals surface area contributed by atoms with Crippen molar-refractivity contribution in [2.45, 2.75) is 37.8 Å². The Morgan fingerprint density at radius 3 is 2.81 bits per heavy atom. The first-order chi connectivity index (χ1) is 15.2. The normalized spacial score (nSPS) is 19.9. The van der Waals surface area contributed by atoms with E-state index in [1.807, 2.05) is 37.3 Å². The number of hydrogen-bond donors (Lipinski definition) is 2. The SMILES string of the molecule is Cc1c(S(=O)(=O)N2CC[C@H](O)[C@@H](C)C2)cc(C(=O)NCc2cccc3ncccc23)n1C. The first kappa shape index (κ1) is 22.4. The first-order valence-electron chi connectivity index (χ1n) is 10.7. The minimum Gasteiger partial charge on any atom is -0.393 e. The van der Waals surface area contributed by atoms with E-state index >= 15 is 0 Å². The quantitative estimate of drug-likeness (QED) is 0.613. The Hall–Kier alpha value is -2.75. The van der Waals surface area contributed by atoms with Crippen LogP contribution in [0.5, 0.6) is 0 Å². The molecule has 2 aromatic heterocycles. The number of aromatic nitrogens is 2. The van der Waals surface area contributed by atoms with Crippen LogP contribution in [0.2, 0.25) is 0 Å². The average molecular weight is 457 g/mol. The molecule has 0 unspecified atom stereocenters. The molecule has 1 aliphatic heterocycles. The fraction of sp³-hybridized carbons (Fsp3) is 0.391. The maximum absolute atomic E-state index is 13.3. The molecule has 0 spiro atoms. The Morgan fingerprint density at radius 2 is 2.06 bits per heavy atom. The van der Waals surface area contributed by atoms with Gasteiger partial charge in [-0.15, -0.1) is 0 Å². The van der Waals surface area contributed by atoms with Gasteiger partial charge in [0, 0.05) is 44.0 Å². The monoisotopic (exact) mass is 456 g/mol. The predicted molar refractivity (Wildman–Crippen MR) is 122 cm³/mol. The molecule has 170 valence electrons. The maximum Gasteiger partial charge on any atom is 0.268 e. The Morgan fingerprint density at radius 1 is 1.28 bits per heavy atom. The fourth-order valence-electron chi connectivity index (χ4n) is 4.19. The van der Waals surface area contributed by atoms with Crippen molar-refractivity contribution in [3.8, 4) is 0 Å². The summed E-state index contributed by atoms with van der Waals surface area (Å²) in [4.78, 5) is 17.4. The summed E-state index contributed by atoms with van der Waals surface area (Å²) in [6.07, 6.45) is 1.63. The molecule has 3 heterocycles. The molecule has 1 fully saturated rings. The number of nitrogens with one attached hydrogen (secondary N) is 1. The number of hydrogen-bond acceptors (Lipinski definition) is 5. The highest BCUT2D eigenvalue weighted by atomic mass is 32.2. The second-order valence-corrected chi connectivity index (χ2v) is 10.3. The molecule has 8 nitrogen and oxygen atoms in total. The van der Waals surface area contributed by atoms with Crippen molar-refractivity contribution in [1.29, 1.82) is 0 Å². The standard InChI is InChI=1S/C23H28N4O4S/c1-15-14-27(11-9-21(15)28)32(30,31)22-12-20(26(3)16(22)2)23(29)25-13-17-6-4-8-19-18(17)7-5-10-24-19/h4-8,10,12,15,21,28H,9,11,13-14H2,1-3H3,(H,25,29)/t15-,21-/m0/s1. The summed E-state index contributed by atoms with van der Waals surface area (Å²) < 4.78 is 29.5. The summed E-state index contributed by atoms with van der Waals surface area (Å²) in [5, 5.41) is 13.8. The van der Waals surface area contributed by atoms with Gasteiger partial charge in [0.1, 0.15) is 10.6 Å². The summed E-state index contributed by atoms with van der Waals surface area (Å²) in [6, 6.07) is 11.0. The van der Waals surface area contributed by atoms with Gasteiger partial charge in [-0.25, -0.2) is 8.42 Å². The molecule has 0 saturated carbocycles. The Kier molecular flexibility index (Phi) is 6.07. The van der Waals surface area contributed by atoms with Crippen molar-refractivity contribution in [1.82, 2.24) is 19.2 Å². The molecule has 1 aromatic carbocycles. The van der Waals surface area contributed by atoms with Gasteiger partial charge < -0.3 is 15.0 Å². The third-order valence-corrected chi connectivity index (χ3v) is 8.32. The summed E-state index contributed by atoms with van der Waals surface area (Å²) in [5.74, 6) is -0.485. The summed E-state index contributed by atoms with van der Waals surface area (Å²) >= 11 is 0. The van der Waals surface area contributed by atoms with Gasteiger partial charge in [0.2, 0.25) is 10.0 Å². The number of nitrogens with zero attached hydrogens (tertiary/aromatic N) is 3. The zero-order valence-corrected chi connectivity index (χ0v) is 19.3. The Bertz CT molecular complexity index is 1260. The molecule has 0 radical (unpaired) electrons. The van der Waals surface area contributed by atoms with Crippen molar-refractivity contribution in [3.63, 3.8) is 0 Å². The van der Waals surface area contributed by atoms with E-state index < -0.39 is 16.1 Å². The molecule has 1 amide bonds. The fourth-order valence-corrected chi connectivity index (χ4v) is 6.02. The lowest BCUT2D eigenvalue weighted by Gasteiger charge is -2.33. The van der Waals surface area contributed by atoms with Crippen molar-refractivity contribution in [2.75, 3.05) is 13.1 Å². The van der Waals surface area contributed by atoms with Gasteiger partial charge in [-0.3, -0.25) is 9.78 Å². The average Bonchev–Trinajstić information content (AvgIpc) is 3.09. The second-order valence-electron chi connectivity index (χ2n) is 8.40. The number of piperidine rings is 1. The Balaban J connectivity index is 1.56. The molecule has 0 aliphatic carbocycles. The Labute approximate surface area is 187 Å². The van der Waals surface area contributed by atoms with Crippen molar-refractivity contribution in [2.24, 2.45) is 13.0 Å². The van der Waals surface area contributed by atoms with E-state index in [1.165, 1.54) is 10.4 Å². The zero-order chi connectivity index (χ0) is 23.0. The van der Waals surface area contributed by atoms with E-state index in [1.54, 1.807) is 24.7 Å². The van der Waals surface area contributed by atoms with Crippen LogP contribution in [-0.2, 0) is 23.6 Å². The highest BCUT2D eigenvalue weighted by Crippen LogP contribution is 2.27. The van der Waals surface area contributed by atoms with E-state index in [2.05, 4.69) is 10.3 Å². The summed E-state index contributed by atoms with van der Waals surface area (Å²) in [7, 11) is -2.08. The van der Waals surface area contributed by atoms with Gasteiger partial charge in [-0.2, -0.15) is 4.31 Å². The molecule has 2 N–H and O–H groups in total. The maximum atomic E-state index is 13.3. The van der Waals surface area contributed by atoms with Gasteiger partial charge in [0.05, 0.1) is 11.6 Å². The number of pyridine rings is 1. The lowest BCUT2D eigenvalue weighted by molar-refractivity contribution is 0.0628. The predicted octanol–water partition coefficient (Wildman–Crippen LogP) is 2.20. The van der Waals surface area contributed by atoms with Crippen LogP contribution in [0.25, 0.3) is 10.9 Å². The number of rotatable bonds is 5. The van der Waals surface area contributed by atoms with Crippen LogP contribution in [0.4, 0.5) is 0 Å². The van der Waals surface area contributed by atoms with E-state index in [0.29, 0.717) is 18.7 Å². The van der Waals surface area contributed by atoms with Gasteiger partial charge in [0.25, 0.3) is 5.91 Å². The van der Waals surface area contributed by atoms with E-state index in [0.717, 1.165) is 16.5 Å². The molecule has 1 aliphatic rings. The number of sulfonamides is 1. The van der Waals surface area contributed by atoms with Crippen LogP contribution in [0.3, 0.4) is 0 Å². The number of aliphatic hydroxyl groups excluding tert-OH is 1. The van der Waals surface area contributed by atoms with E-state index in [-0.39, 0.29) is 35.5 Å². The summed E-state index contributed by atoms with van der Waals surface area (Å²) in [6.45, 7) is 4.36. The minimum atomic E-state index is -3.77. The molecule has 4 rings (SSSR count). The second kappa shape index (κ2) is 8.65. The van der Waals surface area contributed by atoms with Crippen molar-refractivity contribution >= 4 is 26.8 Å². The third-order valence-electron chi connectivity index (χ3n) is 6.34. The van der Waals surface area contributed by atoms with Gasteiger partial charge in [-0.05, 0) is 43.0 Å². The number of fused-ring (bicyclic) bond motifs is 1. The van der Waals surface area contributed by atoms with Crippen molar-refractivity contribution < 1.29 is 18.3 Å². The lowest BCUT2D eigenvalue weighted by Crippen LogP contribution is -2.44.